The molecule has 0 aromatic heterocycles. The van der Waals surface area contributed by atoms with E-state index >= 15 is 0 Å². The molecule has 0 aliphatic heterocycles. The number of likely N-dealkylation sites (N-methyl/N-ethyl adjacent to an activating group) is 1. The van der Waals surface area contributed by atoms with Crippen LogP contribution in [0.1, 0.15) is 33.1 Å². The summed E-state index contributed by atoms with van der Waals surface area (Å²) < 4.78 is 44.4. The van der Waals surface area contributed by atoms with Crippen LogP contribution in [0.3, 0.4) is 0 Å². The van der Waals surface area contributed by atoms with Crippen LogP contribution < -0.4 is 0 Å². The summed E-state index contributed by atoms with van der Waals surface area (Å²) in [4.78, 5) is 1.79. The van der Waals surface area contributed by atoms with Gasteiger partial charge in [0.15, 0.2) is 0 Å². The lowest BCUT2D eigenvalue weighted by atomic mass is 9.81. The van der Waals surface area contributed by atoms with Crippen molar-refractivity contribution < 1.29 is 23.0 Å². The molecule has 0 spiro atoms. The van der Waals surface area contributed by atoms with Crippen LogP contribution in [0.4, 0.5) is 13.2 Å². The molecular weight excluding hydrogens is 259 g/mol. The fraction of sp³-hybridized carbons (Fsp3) is 1.00. The molecule has 3 nitrogen and oxygen atoms in total. The number of aliphatic hydroxyl groups excluding tert-OH is 1. The smallest absolute Gasteiger partial charge is 0.393 e. The van der Waals surface area contributed by atoms with Crippen LogP contribution >= 0.6 is 0 Å². The van der Waals surface area contributed by atoms with Gasteiger partial charge in [-0.25, -0.2) is 0 Å². The summed E-state index contributed by atoms with van der Waals surface area (Å²) >= 11 is 0. The average molecular weight is 283 g/mol. The van der Waals surface area contributed by atoms with Crippen molar-refractivity contribution in [3.8, 4) is 0 Å². The highest BCUT2D eigenvalue weighted by Crippen LogP contribution is 2.40. The maximum atomic E-state index is 13.1. The minimum atomic E-state index is -4.19. The van der Waals surface area contributed by atoms with E-state index in [9.17, 15) is 18.3 Å². The molecule has 1 fully saturated rings. The predicted molar refractivity (Wildman–Crippen MR) is 66.9 cm³/mol. The van der Waals surface area contributed by atoms with Gasteiger partial charge in [0.25, 0.3) is 0 Å². The van der Waals surface area contributed by atoms with Gasteiger partial charge in [-0.2, -0.15) is 13.2 Å². The minimum Gasteiger partial charge on any atom is -0.393 e. The van der Waals surface area contributed by atoms with Crippen LogP contribution in [0.15, 0.2) is 0 Å². The highest BCUT2D eigenvalue weighted by atomic mass is 19.4. The molecule has 0 radical (unpaired) electrons. The topological polar surface area (TPSA) is 32.7 Å². The van der Waals surface area contributed by atoms with E-state index < -0.39 is 24.2 Å². The van der Waals surface area contributed by atoms with Crippen LogP contribution in [-0.2, 0) is 4.74 Å². The Hall–Kier alpha value is -0.330. The van der Waals surface area contributed by atoms with E-state index in [0.717, 1.165) is 0 Å². The highest BCUT2D eigenvalue weighted by molar-refractivity contribution is 4.90. The van der Waals surface area contributed by atoms with Crippen molar-refractivity contribution in [3.05, 3.63) is 0 Å². The number of aliphatic hydroxyl groups is 1. The van der Waals surface area contributed by atoms with Crippen LogP contribution in [0.2, 0.25) is 0 Å². The minimum absolute atomic E-state index is 0.0144. The zero-order chi connectivity index (χ0) is 14.5. The molecule has 0 heterocycles. The normalized spacial score (nSPS) is 28.9. The van der Waals surface area contributed by atoms with Gasteiger partial charge in [-0.15, -0.1) is 0 Å². The Balaban J connectivity index is 2.70. The summed E-state index contributed by atoms with van der Waals surface area (Å²) in [5.74, 6) is -1.34. The number of halogens is 3. The molecule has 0 aromatic carbocycles. The van der Waals surface area contributed by atoms with Crippen molar-refractivity contribution in [1.82, 2.24) is 4.90 Å². The molecule has 0 amide bonds. The van der Waals surface area contributed by atoms with Gasteiger partial charge >= 0.3 is 6.18 Å². The molecule has 0 aromatic rings. The fourth-order valence-electron chi connectivity index (χ4n) is 2.80. The van der Waals surface area contributed by atoms with E-state index in [-0.39, 0.29) is 19.3 Å². The maximum Gasteiger partial charge on any atom is 0.393 e. The number of rotatable bonds is 6. The zero-order valence-corrected chi connectivity index (χ0v) is 11.6. The molecular formula is C13H24F3NO2. The zero-order valence-electron chi connectivity index (χ0n) is 11.6. The summed E-state index contributed by atoms with van der Waals surface area (Å²) in [5, 5.41) is 9.65. The second kappa shape index (κ2) is 7.45. The van der Waals surface area contributed by atoms with Gasteiger partial charge in [-0.1, -0.05) is 6.92 Å². The van der Waals surface area contributed by atoms with Gasteiger partial charge in [0.1, 0.15) is 0 Å². The average Bonchev–Trinajstić information content (AvgIpc) is 2.33. The molecule has 19 heavy (non-hydrogen) atoms. The Morgan fingerprint density at radius 1 is 1.26 bits per heavy atom. The molecule has 1 aliphatic rings. The number of alkyl halides is 3. The van der Waals surface area contributed by atoms with E-state index in [0.29, 0.717) is 26.3 Å². The monoisotopic (exact) mass is 283 g/mol. The van der Waals surface area contributed by atoms with Crippen molar-refractivity contribution in [2.75, 3.05) is 26.3 Å². The molecule has 114 valence electrons. The highest BCUT2D eigenvalue weighted by Gasteiger charge is 2.48. The van der Waals surface area contributed by atoms with E-state index in [1.54, 1.807) is 4.90 Å². The van der Waals surface area contributed by atoms with E-state index in [4.69, 9.17) is 4.74 Å². The first-order chi connectivity index (χ1) is 8.90. The predicted octanol–water partition coefficient (Wildman–Crippen LogP) is 2.44. The lowest BCUT2D eigenvalue weighted by Gasteiger charge is -2.41. The van der Waals surface area contributed by atoms with Gasteiger partial charge in [-0.05, 0) is 32.7 Å². The number of hydrogen-bond acceptors (Lipinski definition) is 3. The standard InChI is InChI=1S/C13H24F3NO2/c1-3-17(7-8-19-4-2)12-9-10(18)5-6-11(12)13(14,15)16/h10-12,18H,3-9H2,1-2H3. The largest absolute Gasteiger partial charge is 0.393 e. The van der Waals surface area contributed by atoms with Gasteiger partial charge < -0.3 is 9.84 Å². The van der Waals surface area contributed by atoms with E-state index in [1.807, 2.05) is 13.8 Å². The molecule has 1 rings (SSSR count). The summed E-state index contributed by atoms with van der Waals surface area (Å²) in [6, 6.07) is -0.630. The third-order valence-corrected chi connectivity index (χ3v) is 3.81. The van der Waals surface area contributed by atoms with Crippen LogP contribution in [-0.4, -0.2) is 54.6 Å². The second-order valence-corrected chi connectivity index (χ2v) is 5.01. The number of nitrogens with zero attached hydrogens (tertiary/aromatic N) is 1. The van der Waals surface area contributed by atoms with Crippen molar-refractivity contribution in [2.45, 2.75) is 51.4 Å². The molecule has 3 unspecified atom stereocenters. The van der Waals surface area contributed by atoms with Gasteiger partial charge in [0.2, 0.25) is 0 Å². The summed E-state index contributed by atoms with van der Waals surface area (Å²) in [5.41, 5.74) is 0. The van der Waals surface area contributed by atoms with Gasteiger partial charge in [0, 0.05) is 19.2 Å². The summed E-state index contributed by atoms with van der Waals surface area (Å²) in [6.07, 6.45) is -4.36. The Morgan fingerprint density at radius 3 is 2.47 bits per heavy atom. The Bertz CT molecular complexity index is 261. The summed E-state index contributed by atoms with van der Waals surface area (Å²) in [7, 11) is 0. The third-order valence-electron chi connectivity index (χ3n) is 3.81. The lowest BCUT2D eigenvalue weighted by Crippen LogP contribution is -2.51. The molecule has 0 bridgehead atoms. The number of ether oxygens (including phenoxy) is 1. The first kappa shape index (κ1) is 16.7. The van der Waals surface area contributed by atoms with E-state index in [2.05, 4.69) is 0 Å². The summed E-state index contributed by atoms with van der Waals surface area (Å²) in [6.45, 7) is 5.72. The molecule has 1 saturated carbocycles. The molecule has 6 heteroatoms. The quantitative estimate of drug-likeness (QED) is 0.760. The van der Waals surface area contributed by atoms with E-state index in [1.165, 1.54) is 0 Å². The fourth-order valence-corrected chi connectivity index (χ4v) is 2.80. The first-order valence-corrected chi connectivity index (χ1v) is 6.96. The second-order valence-electron chi connectivity index (χ2n) is 5.01. The van der Waals surface area contributed by atoms with Crippen molar-refractivity contribution in [3.63, 3.8) is 0 Å². The first-order valence-electron chi connectivity index (χ1n) is 6.96. The van der Waals surface area contributed by atoms with Crippen molar-refractivity contribution in [1.29, 1.82) is 0 Å². The van der Waals surface area contributed by atoms with Gasteiger partial charge in [-0.3, -0.25) is 4.90 Å². The Kier molecular flexibility index (Phi) is 6.56. The van der Waals surface area contributed by atoms with Crippen LogP contribution in [0, 0.1) is 5.92 Å². The SMILES string of the molecule is CCOCCN(CC)C1CC(O)CCC1C(F)(F)F. The maximum absolute atomic E-state index is 13.1. The van der Waals surface area contributed by atoms with Crippen molar-refractivity contribution in [2.24, 2.45) is 5.92 Å². The Labute approximate surface area is 112 Å². The van der Waals surface area contributed by atoms with Gasteiger partial charge in [0.05, 0.1) is 18.6 Å². The van der Waals surface area contributed by atoms with Crippen LogP contribution in [0.5, 0.6) is 0 Å². The third kappa shape index (κ3) is 4.93. The molecule has 0 saturated heterocycles. The molecule has 1 N–H and O–H groups in total. The number of hydrogen-bond donors (Lipinski definition) is 1. The molecule has 1 aliphatic carbocycles. The van der Waals surface area contributed by atoms with Crippen molar-refractivity contribution >= 4 is 0 Å². The molecule has 3 atom stereocenters. The Morgan fingerprint density at radius 2 is 1.95 bits per heavy atom. The van der Waals surface area contributed by atoms with Crippen LogP contribution in [0.25, 0.3) is 0 Å². The lowest BCUT2D eigenvalue weighted by molar-refractivity contribution is -0.205.